The van der Waals surface area contributed by atoms with E-state index in [2.05, 4.69) is 138 Å². The van der Waals surface area contributed by atoms with Gasteiger partial charge in [0, 0.05) is 65.0 Å². The van der Waals surface area contributed by atoms with Crippen LogP contribution in [-0.2, 0) is 12.8 Å². The molecule has 6 aliphatic carbocycles. The van der Waals surface area contributed by atoms with Gasteiger partial charge in [0.25, 0.3) is 0 Å². The van der Waals surface area contributed by atoms with Gasteiger partial charge in [-0.2, -0.15) is 0 Å². The lowest BCUT2D eigenvalue weighted by molar-refractivity contribution is 0.197. The molecule has 0 amide bonds. The molecule has 0 bridgehead atoms. The highest BCUT2D eigenvalue weighted by molar-refractivity contribution is 5.88. The molecular formula is C51H57N3. The van der Waals surface area contributed by atoms with Crippen LogP contribution in [0.5, 0.6) is 0 Å². The number of allylic oxidation sites excluding steroid dienone is 11. The van der Waals surface area contributed by atoms with Gasteiger partial charge in [-0.15, -0.1) is 0 Å². The average Bonchev–Trinajstić information content (AvgIpc) is 3.68. The van der Waals surface area contributed by atoms with Gasteiger partial charge < -0.3 is 14.8 Å². The molecule has 1 fully saturated rings. The van der Waals surface area contributed by atoms with Crippen molar-refractivity contribution < 1.29 is 0 Å². The minimum Gasteiger partial charge on any atom is -0.387 e. The summed E-state index contributed by atoms with van der Waals surface area (Å²) in [6, 6.07) is 19.0. The number of dihydropyridines is 1. The zero-order valence-electron chi connectivity index (χ0n) is 32.5. The van der Waals surface area contributed by atoms with Crippen LogP contribution in [0.4, 0.5) is 0 Å². The molecule has 10 rings (SSSR count). The number of nitrogens with one attached hydrogen (secondary N) is 1. The Balaban J connectivity index is 0.924. The maximum atomic E-state index is 3.47. The molecule has 2 aromatic carbocycles. The van der Waals surface area contributed by atoms with Crippen molar-refractivity contribution in [3.05, 3.63) is 160 Å². The molecule has 0 saturated heterocycles. The third-order valence-electron chi connectivity index (χ3n) is 14.3. The number of fused-ring (bicyclic) bond motifs is 5. The summed E-state index contributed by atoms with van der Waals surface area (Å²) in [6.45, 7) is 6.93. The van der Waals surface area contributed by atoms with Crippen molar-refractivity contribution in [2.45, 2.75) is 103 Å². The van der Waals surface area contributed by atoms with E-state index >= 15 is 0 Å². The molecular weight excluding hydrogens is 655 g/mol. The van der Waals surface area contributed by atoms with Crippen LogP contribution in [0.15, 0.2) is 143 Å². The fourth-order valence-corrected chi connectivity index (χ4v) is 11.4. The number of hydrogen-bond donors (Lipinski definition) is 1. The van der Waals surface area contributed by atoms with Crippen LogP contribution >= 0.6 is 0 Å². The fraction of sp³-hybridized carbons (Fsp3) is 0.412. The Bertz CT molecular complexity index is 2200. The minimum atomic E-state index is 0.133. The second-order valence-electron chi connectivity index (χ2n) is 17.7. The van der Waals surface area contributed by atoms with Gasteiger partial charge in [0.05, 0.1) is 5.52 Å². The fourth-order valence-electron chi connectivity index (χ4n) is 11.4. The molecule has 3 nitrogen and oxygen atoms in total. The third kappa shape index (κ3) is 5.94. The number of aromatic nitrogens is 1. The Morgan fingerprint density at radius 1 is 0.870 bits per heavy atom. The molecule has 1 aromatic heterocycles. The van der Waals surface area contributed by atoms with Gasteiger partial charge in [-0.1, -0.05) is 97.9 Å². The van der Waals surface area contributed by atoms with E-state index in [1.165, 1.54) is 115 Å². The predicted molar refractivity (Wildman–Crippen MR) is 226 cm³/mol. The maximum Gasteiger partial charge on any atom is 0.0534 e. The van der Waals surface area contributed by atoms with E-state index in [0.717, 1.165) is 19.5 Å². The molecule has 1 saturated carbocycles. The zero-order valence-corrected chi connectivity index (χ0v) is 32.5. The number of benzene rings is 2. The molecule has 2 unspecified atom stereocenters. The summed E-state index contributed by atoms with van der Waals surface area (Å²) in [6.07, 6.45) is 39.3. The Morgan fingerprint density at radius 3 is 2.56 bits per heavy atom. The lowest BCUT2D eigenvalue weighted by atomic mass is 9.76. The standard InChI is InChI=1S/C51H57N3/c1-51(2)47-16-8-6-14-43(47)44-28-18-35(31-48(44)51)34-53(41-26-21-37(22-27-41)39-11-10-30-52-33-39)40-24-19-36(20-25-40)38-23-29-50-46(32-38)45-15-7-9-17-49(45)54(50)42-12-4-3-5-13-42/h3-5,8,10-13,16,18-19,23-25,29,31-33,36-37,41,44,52H,6-7,9,14-15,17,20-22,26-28,30,34H2,1-2H3. The van der Waals surface area contributed by atoms with Gasteiger partial charge in [-0.25, -0.2) is 0 Å². The molecule has 1 N–H and O–H groups in total. The Labute approximate surface area is 323 Å². The summed E-state index contributed by atoms with van der Waals surface area (Å²) in [7, 11) is 0. The van der Waals surface area contributed by atoms with E-state index in [1.54, 1.807) is 22.3 Å². The van der Waals surface area contributed by atoms with Crippen LogP contribution in [0.2, 0.25) is 0 Å². The highest BCUT2D eigenvalue weighted by Crippen LogP contribution is 2.56. The van der Waals surface area contributed by atoms with Gasteiger partial charge in [0.2, 0.25) is 0 Å². The van der Waals surface area contributed by atoms with E-state index in [4.69, 9.17) is 0 Å². The molecule has 54 heavy (non-hydrogen) atoms. The van der Waals surface area contributed by atoms with Crippen LogP contribution in [0.3, 0.4) is 0 Å². The summed E-state index contributed by atoms with van der Waals surface area (Å²) >= 11 is 0. The van der Waals surface area contributed by atoms with Crippen molar-refractivity contribution in [1.82, 2.24) is 14.8 Å². The van der Waals surface area contributed by atoms with Gasteiger partial charge >= 0.3 is 0 Å². The SMILES string of the molecule is CC1(C)C2=CC(CN(C3=CCC(c4ccc5c(c4)c4c(n5-c5ccccc5)CCCC4)C=C3)C3CCC(C4=CNCC=C4)CC3)=CCC2C2=C1C=CCC2. The molecule has 3 aromatic rings. The number of rotatable bonds is 7. The summed E-state index contributed by atoms with van der Waals surface area (Å²) in [5, 5.41) is 4.94. The van der Waals surface area contributed by atoms with E-state index < -0.39 is 0 Å². The molecule has 2 atom stereocenters. The molecule has 0 spiro atoms. The van der Waals surface area contributed by atoms with Gasteiger partial charge in [0.1, 0.15) is 0 Å². The zero-order chi connectivity index (χ0) is 36.2. The smallest absolute Gasteiger partial charge is 0.0534 e. The lowest BCUT2D eigenvalue weighted by Crippen LogP contribution is -2.39. The van der Waals surface area contributed by atoms with Crippen molar-refractivity contribution >= 4 is 10.9 Å². The minimum absolute atomic E-state index is 0.133. The monoisotopic (exact) mass is 711 g/mol. The largest absolute Gasteiger partial charge is 0.387 e. The van der Waals surface area contributed by atoms with E-state index in [1.807, 2.05) is 0 Å². The topological polar surface area (TPSA) is 20.2 Å². The maximum absolute atomic E-state index is 3.47. The highest BCUT2D eigenvalue weighted by atomic mass is 15.2. The molecule has 0 radical (unpaired) electrons. The molecule has 1 aliphatic heterocycles. The summed E-state index contributed by atoms with van der Waals surface area (Å²) in [4.78, 5) is 2.82. The number of nitrogens with zero attached hydrogens (tertiary/aromatic N) is 2. The van der Waals surface area contributed by atoms with Crippen molar-refractivity contribution in [1.29, 1.82) is 0 Å². The van der Waals surface area contributed by atoms with Gasteiger partial charge in [0.15, 0.2) is 0 Å². The van der Waals surface area contributed by atoms with Crippen LogP contribution in [0.1, 0.15) is 101 Å². The van der Waals surface area contributed by atoms with Crippen LogP contribution < -0.4 is 5.32 Å². The molecule has 3 heteroatoms. The number of hydrogen-bond acceptors (Lipinski definition) is 2. The second-order valence-corrected chi connectivity index (χ2v) is 17.7. The summed E-state index contributed by atoms with van der Waals surface area (Å²) in [5.74, 6) is 1.69. The average molecular weight is 712 g/mol. The van der Waals surface area contributed by atoms with E-state index in [9.17, 15) is 0 Å². The van der Waals surface area contributed by atoms with Gasteiger partial charge in [-0.3, -0.25) is 0 Å². The van der Waals surface area contributed by atoms with Crippen LogP contribution in [0, 0.1) is 17.3 Å². The Hall–Kier alpha value is -4.50. The van der Waals surface area contributed by atoms with Gasteiger partial charge in [-0.05, 0) is 141 Å². The van der Waals surface area contributed by atoms with Crippen LogP contribution in [0.25, 0.3) is 16.6 Å². The lowest BCUT2D eigenvalue weighted by Gasteiger charge is -2.41. The van der Waals surface area contributed by atoms with Crippen molar-refractivity contribution in [3.8, 4) is 5.69 Å². The number of para-hydroxylation sites is 1. The summed E-state index contributed by atoms with van der Waals surface area (Å²) < 4.78 is 2.55. The quantitative estimate of drug-likeness (QED) is 0.263. The molecule has 2 heterocycles. The first kappa shape index (κ1) is 34.0. The Morgan fingerprint density at radius 2 is 1.74 bits per heavy atom. The van der Waals surface area contributed by atoms with Crippen LogP contribution in [-0.4, -0.2) is 28.6 Å². The third-order valence-corrected chi connectivity index (χ3v) is 14.3. The predicted octanol–water partition coefficient (Wildman–Crippen LogP) is 11.9. The molecule has 276 valence electrons. The van der Waals surface area contributed by atoms with Crippen molar-refractivity contribution in [2.24, 2.45) is 17.3 Å². The Kier molecular flexibility index (Phi) is 8.80. The van der Waals surface area contributed by atoms with Crippen molar-refractivity contribution in [2.75, 3.05) is 13.1 Å². The van der Waals surface area contributed by atoms with E-state index in [0.29, 0.717) is 23.8 Å². The highest BCUT2D eigenvalue weighted by Gasteiger charge is 2.43. The molecule has 7 aliphatic rings. The van der Waals surface area contributed by atoms with E-state index in [-0.39, 0.29) is 5.41 Å². The normalized spacial score (nSPS) is 27.0. The first-order valence-corrected chi connectivity index (χ1v) is 21.3. The first-order valence-electron chi connectivity index (χ1n) is 21.3. The number of aryl methyl sites for hydroxylation is 1. The second kappa shape index (κ2) is 14.0. The summed E-state index contributed by atoms with van der Waals surface area (Å²) in [5.41, 5.74) is 16.8. The first-order chi connectivity index (χ1) is 26.5. The van der Waals surface area contributed by atoms with Crippen molar-refractivity contribution in [3.63, 3.8) is 0 Å².